The zero-order valence-electron chi connectivity index (χ0n) is 13.6. The van der Waals surface area contributed by atoms with Gasteiger partial charge in [-0.1, -0.05) is 43.9 Å². The SMILES string of the molecule is COCC(=O)N1CCCCCCCCNCc2ccccc21. The van der Waals surface area contributed by atoms with Crippen LogP contribution in [0.3, 0.4) is 0 Å². The summed E-state index contributed by atoms with van der Waals surface area (Å²) in [6.45, 7) is 2.77. The van der Waals surface area contributed by atoms with Crippen LogP contribution in [0.5, 0.6) is 0 Å². The third kappa shape index (κ3) is 5.11. The summed E-state index contributed by atoms with van der Waals surface area (Å²) >= 11 is 0. The minimum absolute atomic E-state index is 0.0461. The second kappa shape index (κ2) is 9.59. The van der Waals surface area contributed by atoms with Gasteiger partial charge in [-0.3, -0.25) is 4.79 Å². The molecule has 1 aliphatic rings. The van der Waals surface area contributed by atoms with Gasteiger partial charge in [-0.2, -0.15) is 0 Å². The Balaban J connectivity index is 2.19. The van der Waals surface area contributed by atoms with Crippen LogP contribution in [0.15, 0.2) is 24.3 Å². The van der Waals surface area contributed by atoms with Crippen molar-refractivity contribution in [1.29, 1.82) is 0 Å². The zero-order valence-corrected chi connectivity index (χ0v) is 13.6. The molecule has 1 heterocycles. The van der Waals surface area contributed by atoms with Gasteiger partial charge in [0.2, 0.25) is 0 Å². The lowest BCUT2D eigenvalue weighted by Crippen LogP contribution is -2.35. The number of hydrogen-bond acceptors (Lipinski definition) is 3. The average molecular weight is 304 g/mol. The van der Waals surface area contributed by atoms with E-state index in [1.165, 1.54) is 37.7 Å². The van der Waals surface area contributed by atoms with Crippen molar-refractivity contribution in [2.24, 2.45) is 0 Å². The summed E-state index contributed by atoms with van der Waals surface area (Å²) in [5, 5.41) is 3.50. The normalized spacial score (nSPS) is 17.8. The number of ether oxygens (including phenoxy) is 1. The predicted molar refractivity (Wildman–Crippen MR) is 90.1 cm³/mol. The molecule has 4 heteroatoms. The maximum absolute atomic E-state index is 12.4. The fourth-order valence-electron chi connectivity index (χ4n) is 2.95. The van der Waals surface area contributed by atoms with Gasteiger partial charge in [-0.15, -0.1) is 0 Å². The molecular weight excluding hydrogens is 276 g/mol. The third-order valence-corrected chi connectivity index (χ3v) is 4.15. The fourth-order valence-corrected chi connectivity index (χ4v) is 2.95. The highest BCUT2D eigenvalue weighted by molar-refractivity contribution is 5.95. The third-order valence-electron chi connectivity index (χ3n) is 4.15. The number of hydrogen-bond donors (Lipinski definition) is 1. The predicted octanol–water partition coefficient (Wildman–Crippen LogP) is 3.11. The number of fused-ring (bicyclic) bond motifs is 1. The van der Waals surface area contributed by atoms with Crippen LogP contribution in [0.1, 0.15) is 44.1 Å². The Labute approximate surface area is 133 Å². The maximum atomic E-state index is 12.4. The number of benzene rings is 1. The van der Waals surface area contributed by atoms with E-state index in [9.17, 15) is 4.79 Å². The van der Waals surface area contributed by atoms with E-state index in [0.717, 1.165) is 31.7 Å². The number of para-hydroxylation sites is 1. The highest BCUT2D eigenvalue weighted by Gasteiger charge is 2.18. The quantitative estimate of drug-likeness (QED) is 0.913. The molecule has 1 N–H and O–H groups in total. The van der Waals surface area contributed by atoms with E-state index >= 15 is 0 Å². The lowest BCUT2D eigenvalue weighted by atomic mass is 10.1. The molecular formula is C18H28N2O2. The molecule has 1 aromatic rings. The first-order chi connectivity index (χ1) is 10.8. The molecule has 2 rings (SSSR count). The van der Waals surface area contributed by atoms with Gasteiger partial charge in [-0.05, 0) is 31.0 Å². The molecule has 4 nitrogen and oxygen atoms in total. The summed E-state index contributed by atoms with van der Waals surface area (Å²) in [6.07, 6.45) is 7.31. The van der Waals surface area contributed by atoms with Crippen molar-refractivity contribution < 1.29 is 9.53 Å². The van der Waals surface area contributed by atoms with E-state index < -0.39 is 0 Å². The summed E-state index contributed by atoms with van der Waals surface area (Å²) in [5.74, 6) is 0.0461. The van der Waals surface area contributed by atoms with Gasteiger partial charge < -0.3 is 15.0 Å². The molecule has 1 aliphatic heterocycles. The molecule has 1 amide bonds. The van der Waals surface area contributed by atoms with Gasteiger partial charge in [-0.25, -0.2) is 0 Å². The van der Waals surface area contributed by atoms with Crippen LogP contribution in [-0.4, -0.2) is 32.7 Å². The van der Waals surface area contributed by atoms with Crippen LogP contribution in [-0.2, 0) is 16.1 Å². The lowest BCUT2D eigenvalue weighted by molar-refractivity contribution is -0.122. The number of amides is 1. The molecule has 0 saturated carbocycles. The Morgan fingerprint density at radius 2 is 1.86 bits per heavy atom. The number of nitrogens with one attached hydrogen (secondary N) is 1. The van der Waals surface area contributed by atoms with E-state index in [-0.39, 0.29) is 12.5 Å². The Hall–Kier alpha value is -1.39. The molecule has 0 bridgehead atoms. The van der Waals surface area contributed by atoms with E-state index in [1.807, 2.05) is 23.1 Å². The number of carbonyl (C=O) groups excluding carboxylic acids is 1. The van der Waals surface area contributed by atoms with Crippen LogP contribution in [0.25, 0.3) is 0 Å². The minimum Gasteiger partial charge on any atom is -0.375 e. The van der Waals surface area contributed by atoms with Crippen molar-refractivity contribution in [2.45, 2.75) is 45.1 Å². The highest BCUT2D eigenvalue weighted by Crippen LogP contribution is 2.22. The number of rotatable bonds is 2. The molecule has 0 aromatic heterocycles. The lowest BCUT2D eigenvalue weighted by Gasteiger charge is -2.25. The minimum atomic E-state index is 0.0461. The van der Waals surface area contributed by atoms with E-state index in [2.05, 4.69) is 11.4 Å². The first kappa shape index (κ1) is 17.0. The molecule has 0 atom stereocenters. The zero-order chi connectivity index (χ0) is 15.6. The molecule has 0 radical (unpaired) electrons. The molecule has 0 saturated heterocycles. The van der Waals surface area contributed by atoms with E-state index in [1.54, 1.807) is 7.11 Å². The smallest absolute Gasteiger partial charge is 0.252 e. The second-order valence-electron chi connectivity index (χ2n) is 5.91. The topological polar surface area (TPSA) is 41.6 Å². The van der Waals surface area contributed by atoms with Gasteiger partial charge in [0.05, 0.1) is 0 Å². The molecule has 0 unspecified atom stereocenters. The molecule has 0 aliphatic carbocycles. The van der Waals surface area contributed by atoms with Gasteiger partial charge in [0, 0.05) is 25.9 Å². The number of nitrogens with zero attached hydrogens (tertiary/aromatic N) is 1. The summed E-state index contributed by atoms with van der Waals surface area (Å²) in [6, 6.07) is 8.20. The van der Waals surface area contributed by atoms with E-state index in [0.29, 0.717) is 0 Å². The van der Waals surface area contributed by atoms with Crippen molar-refractivity contribution >= 4 is 11.6 Å². The van der Waals surface area contributed by atoms with Crippen molar-refractivity contribution in [1.82, 2.24) is 5.32 Å². The van der Waals surface area contributed by atoms with Crippen LogP contribution in [0.4, 0.5) is 5.69 Å². The number of carbonyl (C=O) groups is 1. The van der Waals surface area contributed by atoms with Crippen LogP contribution in [0, 0.1) is 0 Å². The highest BCUT2D eigenvalue weighted by atomic mass is 16.5. The van der Waals surface area contributed by atoms with Gasteiger partial charge in [0.25, 0.3) is 5.91 Å². The summed E-state index contributed by atoms with van der Waals surface area (Å²) in [4.78, 5) is 14.3. The van der Waals surface area contributed by atoms with Gasteiger partial charge in [0.15, 0.2) is 0 Å². The largest absolute Gasteiger partial charge is 0.375 e. The van der Waals surface area contributed by atoms with Crippen molar-refractivity contribution in [3.63, 3.8) is 0 Å². The summed E-state index contributed by atoms with van der Waals surface area (Å²) in [7, 11) is 1.58. The molecule has 122 valence electrons. The summed E-state index contributed by atoms with van der Waals surface area (Å²) in [5.41, 5.74) is 2.21. The monoisotopic (exact) mass is 304 g/mol. The first-order valence-electron chi connectivity index (χ1n) is 8.41. The van der Waals surface area contributed by atoms with Gasteiger partial charge >= 0.3 is 0 Å². The number of methoxy groups -OCH3 is 1. The van der Waals surface area contributed by atoms with Crippen molar-refractivity contribution in [3.05, 3.63) is 29.8 Å². The molecule has 0 spiro atoms. The average Bonchev–Trinajstić information content (AvgIpc) is 2.55. The first-order valence-corrected chi connectivity index (χ1v) is 8.41. The van der Waals surface area contributed by atoms with Crippen LogP contribution < -0.4 is 10.2 Å². The summed E-state index contributed by atoms with van der Waals surface area (Å²) < 4.78 is 5.06. The van der Waals surface area contributed by atoms with Crippen molar-refractivity contribution in [3.8, 4) is 0 Å². The Kier molecular flexibility index (Phi) is 7.40. The standard InChI is InChI=1S/C18H28N2O2/c1-22-15-18(21)20-13-9-5-3-2-4-8-12-19-14-16-10-6-7-11-17(16)20/h6-7,10-11,19H,2-5,8-9,12-15H2,1H3. The Bertz CT molecular complexity index is 462. The number of anilines is 1. The van der Waals surface area contributed by atoms with Crippen LogP contribution in [0.2, 0.25) is 0 Å². The van der Waals surface area contributed by atoms with Crippen molar-refractivity contribution in [2.75, 3.05) is 31.7 Å². The Morgan fingerprint density at radius 1 is 1.14 bits per heavy atom. The Morgan fingerprint density at radius 3 is 2.68 bits per heavy atom. The van der Waals surface area contributed by atoms with Gasteiger partial charge in [0.1, 0.15) is 6.61 Å². The molecule has 22 heavy (non-hydrogen) atoms. The molecule has 0 fully saturated rings. The fraction of sp³-hybridized carbons (Fsp3) is 0.611. The van der Waals surface area contributed by atoms with Crippen LogP contribution >= 0.6 is 0 Å². The van der Waals surface area contributed by atoms with E-state index in [4.69, 9.17) is 4.74 Å². The molecule has 1 aromatic carbocycles. The second-order valence-corrected chi connectivity index (χ2v) is 5.91. The maximum Gasteiger partial charge on any atom is 0.252 e.